The number of ether oxygens (including phenoxy) is 1. The Morgan fingerprint density at radius 3 is 2.86 bits per heavy atom. The molecule has 0 aliphatic rings. The summed E-state index contributed by atoms with van der Waals surface area (Å²) in [7, 11) is 0. The van der Waals surface area contributed by atoms with Crippen LogP contribution in [-0.4, -0.2) is 23.8 Å². The van der Waals surface area contributed by atoms with E-state index in [-0.39, 0.29) is 12.4 Å². The zero-order valence-corrected chi connectivity index (χ0v) is 16.1. The molecule has 0 spiro atoms. The summed E-state index contributed by atoms with van der Waals surface area (Å²) >= 11 is 1.37. The molecule has 0 amide bonds. The normalized spacial score (nSPS) is 10.6. The maximum Gasteiger partial charge on any atom is 0.311 e. The number of aromatic nitrogens is 1. The molecular formula is C21H18N4O2S. The first-order chi connectivity index (χ1) is 13.7. The Morgan fingerprint density at radius 1 is 1.29 bits per heavy atom. The van der Waals surface area contributed by atoms with Gasteiger partial charge in [-0.05, 0) is 41.8 Å². The van der Waals surface area contributed by atoms with Crippen LogP contribution in [0.15, 0.2) is 59.0 Å². The number of carbonyl (C=O) groups excluding carboxylic acids is 1. The van der Waals surface area contributed by atoms with Gasteiger partial charge in [0.2, 0.25) is 5.13 Å². The van der Waals surface area contributed by atoms with Gasteiger partial charge in [0.1, 0.15) is 0 Å². The third-order valence-electron chi connectivity index (χ3n) is 3.77. The van der Waals surface area contributed by atoms with E-state index in [1.54, 1.807) is 24.6 Å². The average molecular weight is 390 g/mol. The van der Waals surface area contributed by atoms with E-state index in [9.17, 15) is 4.79 Å². The minimum atomic E-state index is -0.292. The van der Waals surface area contributed by atoms with Crippen LogP contribution in [0.2, 0.25) is 0 Å². The number of carbonyl (C=O) groups is 1. The van der Waals surface area contributed by atoms with E-state index >= 15 is 0 Å². The molecule has 28 heavy (non-hydrogen) atoms. The number of rotatable bonds is 7. The van der Waals surface area contributed by atoms with Crippen molar-refractivity contribution in [1.29, 1.82) is 5.26 Å². The minimum absolute atomic E-state index is 0.152. The zero-order chi connectivity index (χ0) is 19.8. The van der Waals surface area contributed by atoms with Gasteiger partial charge in [0.25, 0.3) is 0 Å². The van der Waals surface area contributed by atoms with E-state index in [1.165, 1.54) is 11.3 Å². The van der Waals surface area contributed by atoms with Crippen molar-refractivity contribution in [2.75, 3.05) is 12.0 Å². The number of thiazole rings is 1. The molecule has 2 aromatic carbocycles. The fourth-order valence-corrected chi connectivity index (χ4v) is 3.19. The van der Waals surface area contributed by atoms with E-state index in [4.69, 9.17) is 10.00 Å². The molecule has 7 heteroatoms. The van der Waals surface area contributed by atoms with Crippen molar-refractivity contribution in [2.24, 2.45) is 5.10 Å². The predicted molar refractivity (Wildman–Crippen MR) is 110 cm³/mol. The SMILES string of the molecule is CCOC(=O)Cc1csc(NN=Cc2cccc(-c3cccc(C#N)c3)c2)n1. The van der Waals surface area contributed by atoms with E-state index in [0.717, 1.165) is 16.7 Å². The molecule has 0 aliphatic heterocycles. The van der Waals surface area contributed by atoms with Crippen molar-refractivity contribution < 1.29 is 9.53 Å². The Bertz CT molecular complexity index is 1040. The number of hydrazone groups is 1. The maximum atomic E-state index is 11.5. The van der Waals surface area contributed by atoms with Gasteiger partial charge in [0.15, 0.2) is 0 Å². The summed E-state index contributed by atoms with van der Waals surface area (Å²) in [5, 5.41) is 15.7. The molecule has 3 rings (SSSR count). The van der Waals surface area contributed by atoms with Crippen molar-refractivity contribution in [3.63, 3.8) is 0 Å². The highest BCUT2D eigenvalue weighted by Gasteiger charge is 2.08. The molecule has 0 unspecified atom stereocenters. The third kappa shape index (κ3) is 5.25. The van der Waals surface area contributed by atoms with Gasteiger partial charge < -0.3 is 4.74 Å². The van der Waals surface area contributed by atoms with Crippen LogP contribution >= 0.6 is 11.3 Å². The predicted octanol–water partition coefficient (Wildman–Crippen LogP) is 4.23. The number of anilines is 1. The van der Waals surface area contributed by atoms with E-state index < -0.39 is 0 Å². The highest BCUT2D eigenvalue weighted by molar-refractivity contribution is 7.13. The molecule has 0 atom stereocenters. The lowest BCUT2D eigenvalue weighted by atomic mass is 10.0. The lowest BCUT2D eigenvalue weighted by molar-refractivity contribution is -0.142. The summed E-state index contributed by atoms with van der Waals surface area (Å²) in [6.45, 7) is 2.13. The largest absolute Gasteiger partial charge is 0.466 e. The monoisotopic (exact) mass is 390 g/mol. The van der Waals surface area contributed by atoms with Gasteiger partial charge in [-0.2, -0.15) is 10.4 Å². The van der Waals surface area contributed by atoms with Gasteiger partial charge in [-0.25, -0.2) is 4.98 Å². The zero-order valence-electron chi connectivity index (χ0n) is 15.3. The fourth-order valence-electron chi connectivity index (χ4n) is 2.53. The summed E-state index contributed by atoms with van der Waals surface area (Å²) in [5.41, 5.74) is 7.05. The van der Waals surface area contributed by atoms with E-state index in [0.29, 0.717) is 23.0 Å². The molecule has 0 saturated heterocycles. The summed E-state index contributed by atoms with van der Waals surface area (Å²) in [4.78, 5) is 15.8. The van der Waals surface area contributed by atoms with E-state index in [1.807, 2.05) is 42.5 Å². The standard InChI is InChI=1S/C21H18N4O2S/c1-2-27-20(26)11-19-14-28-21(24-19)25-23-13-16-6-4-8-18(10-16)17-7-3-5-15(9-17)12-22/h3-10,13-14H,2,11H2,1H3,(H,24,25). The Morgan fingerprint density at radius 2 is 2.07 bits per heavy atom. The second kappa shape index (κ2) is 9.44. The van der Waals surface area contributed by atoms with Crippen LogP contribution < -0.4 is 5.43 Å². The maximum absolute atomic E-state index is 11.5. The van der Waals surface area contributed by atoms with Gasteiger partial charge in [-0.3, -0.25) is 10.2 Å². The quantitative estimate of drug-likeness (QED) is 0.370. The number of nitrogens with one attached hydrogen (secondary N) is 1. The molecule has 6 nitrogen and oxygen atoms in total. The van der Waals surface area contributed by atoms with Crippen molar-refractivity contribution in [3.05, 3.63) is 70.7 Å². The van der Waals surface area contributed by atoms with Gasteiger partial charge in [0.05, 0.1) is 36.6 Å². The second-order valence-corrected chi connectivity index (χ2v) is 6.67. The van der Waals surface area contributed by atoms with Crippen LogP contribution in [0.3, 0.4) is 0 Å². The fraction of sp³-hybridized carbons (Fsp3) is 0.143. The second-order valence-electron chi connectivity index (χ2n) is 5.81. The molecule has 1 aromatic heterocycles. The number of nitriles is 1. The molecule has 0 bridgehead atoms. The highest BCUT2D eigenvalue weighted by atomic mass is 32.1. The molecule has 0 aliphatic carbocycles. The van der Waals surface area contributed by atoms with Gasteiger partial charge in [-0.1, -0.05) is 30.3 Å². The van der Waals surface area contributed by atoms with Crippen molar-refractivity contribution in [3.8, 4) is 17.2 Å². The highest BCUT2D eigenvalue weighted by Crippen LogP contribution is 2.21. The van der Waals surface area contributed by atoms with Crippen LogP contribution in [0.1, 0.15) is 23.7 Å². The van der Waals surface area contributed by atoms with Gasteiger partial charge in [-0.15, -0.1) is 11.3 Å². The minimum Gasteiger partial charge on any atom is -0.466 e. The number of nitrogens with zero attached hydrogens (tertiary/aromatic N) is 3. The smallest absolute Gasteiger partial charge is 0.311 e. The molecule has 1 heterocycles. The Labute approximate surface area is 167 Å². The molecule has 0 radical (unpaired) electrons. The summed E-state index contributed by atoms with van der Waals surface area (Å²) in [5.74, 6) is -0.292. The molecule has 1 N–H and O–H groups in total. The topological polar surface area (TPSA) is 87.4 Å². The molecule has 0 saturated carbocycles. The number of esters is 1. The molecule has 140 valence electrons. The van der Waals surface area contributed by atoms with Crippen molar-refractivity contribution >= 4 is 28.7 Å². The lowest BCUT2D eigenvalue weighted by Gasteiger charge is -2.03. The average Bonchev–Trinajstić information content (AvgIpc) is 3.15. The summed E-state index contributed by atoms with van der Waals surface area (Å²) in [6.07, 6.45) is 1.85. The van der Waals surface area contributed by atoms with Crippen LogP contribution in [-0.2, 0) is 16.0 Å². The third-order valence-corrected chi connectivity index (χ3v) is 4.56. The Kier molecular flexibility index (Phi) is 6.50. The van der Waals surface area contributed by atoms with E-state index in [2.05, 4.69) is 21.6 Å². The Balaban J connectivity index is 1.64. The van der Waals surface area contributed by atoms with Crippen LogP contribution in [0.5, 0.6) is 0 Å². The first-order valence-corrected chi connectivity index (χ1v) is 9.55. The molecule has 0 fully saturated rings. The Hall–Kier alpha value is -3.50. The first kappa shape index (κ1) is 19.3. The van der Waals surface area contributed by atoms with Crippen LogP contribution in [0.25, 0.3) is 11.1 Å². The van der Waals surface area contributed by atoms with Crippen LogP contribution in [0, 0.1) is 11.3 Å². The number of hydrogen-bond donors (Lipinski definition) is 1. The number of benzene rings is 2. The first-order valence-electron chi connectivity index (χ1n) is 8.67. The van der Waals surface area contributed by atoms with Gasteiger partial charge in [0, 0.05) is 5.38 Å². The number of hydrogen-bond acceptors (Lipinski definition) is 7. The molecular weight excluding hydrogens is 372 g/mol. The van der Waals surface area contributed by atoms with Gasteiger partial charge >= 0.3 is 5.97 Å². The summed E-state index contributed by atoms with van der Waals surface area (Å²) < 4.78 is 4.91. The summed E-state index contributed by atoms with van der Waals surface area (Å²) in [6, 6.07) is 17.5. The lowest BCUT2D eigenvalue weighted by Crippen LogP contribution is -2.07. The van der Waals surface area contributed by atoms with Crippen molar-refractivity contribution in [1.82, 2.24) is 4.98 Å². The van der Waals surface area contributed by atoms with Crippen molar-refractivity contribution in [2.45, 2.75) is 13.3 Å². The van der Waals surface area contributed by atoms with Crippen LogP contribution in [0.4, 0.5) is 5.13 Å². The molecule has 3 aromatic rings.